The molecule has 0 amide bonds. The van der Waals surface area contributed by atoms with E-state index >= 15 is 0 Å². The van der Waals surface area contributed by atoms with E-state index in [0.29, 0.717) is 13.2 Å². The van der Waals surface area contributed by atoms with Crippen LogP contribution in [0.5, 0.6) is 11.5 Å². The predicted molar refractivity (Wildman–Crippen MR) is 108 cm³/mol. The first kappa shape index (κ1) is 17.5. The van der Waals surface area contributed by atoms with Crippen molar-refractivity contribution in [1.29, 1.82) is 0 Å². The summed E-state index contributed by atoms with van der Waals surface area (Å²) >= 11 is 0. The molecule has 0 bridgehead atoms. The van der Waals surface area contributed by atoms with Gasteiger partial charge in [-0.15, -0.1) is 0 Å². The summed E-state index contributed by atoms with van der Waals surface area (Å²) in [5.41, 5.74) is 2.65. The van der Waals surface area contributed by atoms with E-state index in [1.54, 1.807) is 0 Å². The number of aryl methyl sites for hydroxylation is 2. The van der Waals surface area contributed by atoms with Gasteiger partial charge in [-0.1, -0.05) is 42.5 Å². The molecule has 2 unspecified atom stereocenters. The maximum Gasteiger partial charge on any atom is 0.127 e. The number of hydrogen-bond donors (Lipinski definition) is 0. The standard InChI is InChI=1S/C24H24O4/c1-3-18(10-7-17-8-11-19(12-9-17)25-13-20-14-26-20)22-4-2-6-24(23(22)5-1)28-16-21-15-27-21/h1-6,8-9,11-12,20-21H,7,10,13-16H2. The molecule has 4 nitrogen and oxygen atoms in total. The van der Waals surface area contributed by atoms with Crippen LogP contribution in [-0.4, -0.2) is 38.6 Å². The highest BCUT2D eigenvalue weighted by molar-refractivity contribution is 5.91. The van der Waals surface area contributed by atoms with Crippen molar-refractivity contribution in [3.8, 4) is 11.5 Å². The predicted octanol–water partition coefficient (Wildman–Crippen LogP) is 4.18. The zero-order chi connectivity index (χ0) is 18.8. The SMILES string of the molecule is c1cc(OCC2CO2)c2cccc(CCc3ccc(OCC4CO4)cc3)c2c1. The van der Waals surface area contributed by atoms with Crippen LogP contribution in [0.2, 0.25) is 0 Å². The molecule has 0 aromatic heterocycles. The molecule has 5 rings (SSSR count). The molecule has 2 fully saturated rings. The minimum absolute atomic E-state index is 0.266. The number of benzene rings is 3. The Morgan fingerprint density at radius 1 is 0.714 bits per heavy atom. The van der Waals surface area contributed by atoms with Gasteiger partial charge < -0.3 is 18.9 Å². The van der Waals surface area contributed by atoms with E-state index in [9.17, 15) is 0 Å². The molecule has 0 radical (unpaired) electrons. The van der Waals surface area contributed by atoms with E-state index in [-0.39, 0.29) is 12.2 Å². The van der Waals surface area contributed by atoms with Crippen LogP contribution in [0.4, 0.5) is 0 Å². The molecule has 0 aliphatic carbocycles. The Hall–Kier alpha value is -2.56. The first-order valence-electron chi connectivity index (χ1n) is 9.93. The van der Waals surface area contributed by atoms with E-state index < -0.39 is 0 Å². The molecule has 0 spiro atoms. The van der Waals surface area contributed by atoms with E-state index in [1.165, 1.54) is 21.9 Å². The largest absolute Gasteiger partial charge is 0.491 e. The number of hydrogen-bond acceptors (Lipinski definition) is 4. The lowest BCUT2D eigenvalue weighted by molar-refractivity contribution is 0.263. The highest BCUT2D eigenvalue weighted by Crippen LogP contribution is 2.29. The van der Waals surface area contributed by atoms with Crippen LogP contribution in [0.3, 0.4) is 0 Å². The fourth-order valence-electron chi connectivity index (χ4n) is 3.42. The van der Waals surface area contributed by atoms with Gasteiger partial charge in [0, 0.05) is 5.39 Å². The summed E-state index contributed by atoms with van der Waals surface area (Å²) in [5.74, 6) is 1.85. The monoisotopic (exact) mass is 376 g/mol. The third-order valence-corrected chi connectivity index (χ3v) is 5.24. The summed E-state index contributed by atoms with van der Waals surface area (Å²) < 4.78 is 22.1. The first-order valence-corrected chi connectivity index (χ1v) is 9.93. The summed E-state index contributed by atoms with van der Waals surface area (Å²) in [5, 5.41) is 2.44. The number of fused-ring (bicyclic) bond motifs is 1. The normalized spacial score (nSPS) is 20.1. The lowest BCUT2D eigenvalue weighted by Crippen LogP contribution is -2.04. The quantitative estimate of drug-likeness (QED) is 0.526. The van der Waals surface area contributed by atoms with Gasteiger partial charge in [0.2, 0.25) is 0 Å². The van der Waals surface area contributed by atoms with Gasteiger partial charge in [-0.3, -0.25) is 0 Å². The van der Waals surface area contributed by atoms with Crippen LogP contribution in [0, 0.1) is 0 Å². The van der Waals surface area contributed by atoms with Gasteiger partial charge in [0.25, 0.3) is 0 Å². The lowest BCUT2D eigenvalue weighted by Gasteiger charge is -2.12. The Labute approximate surface area is 165 Å². The number of epoxide rings is 2. The Balaban J connectivity index is 1.26. The van der Waals surface area contributed by atoms with E-state index in [0.717, 1.165) is 37.6 Å². The number of rotatable bonds is 9. The second-order valence-electron chi connectivity index (χ2n) is 7.45. The zero-order valence-corrected chi connectivity index (χ0v) is 15.8. The van der Waals surface area contributed by atoms with Crippen molar-refractivity contribution in [2.75, 3.05) is 26.4 Å². The summed E-state index contributed by atoms with van der Waals surface area (Å²) in [4.78, 5) is 0. The molecule has 0 N–H and O–H groups in total. The van der Waals surface area contributed by atoms with Crippen LogP contribution in [0.1, 0.15) is 11.1 Å². The molecule has 28 heavy (non-hydrogen) atoms. The van der Waals surface area contributed by atoms with Crippen molar-refractivity contribution < 1.29 is 18.9 Å². The van der Waals surface area contributed by atoms with Gasteiger partial charge in [-0.25, -0.2) is 0 Å². The molecule has 2 saturated heterocycles. The maximum atomic E-state index is 5.97. The smallest absolute Gasteiger partial charge is 0.127 e. The number of ether oxygens (including phenoxy) is 4. The van der Waals surface area contributed by atoms with Crippen LogP contribution in [0.25, 0.3) is 10.8 Å². The van der Waals surface area contributed by atoms with Gasteiger partial charge in [0.05, 0.1) is 13.2 Å². The average molecular weight is 376 g/mol. The van der Waals surface area contributed by atoms with Gasteiger partial charge in [0.1, 0.15) is 36.9 Å². The van der Waals surface area contributed by atoms with Gasteiger partial charge >= 0.3 is 0 Å². The van der Waals surface area contributed by atoms with E-state index in [4.69, 9.17) is 18.9 Å². The molecule has 0 saturated carbocycles. The van der Waals surface area contributed by atoms with Crippen LogP contribution in [0.15, 0.2) is 60.7 Å². The molecule has 2 aliphatic rings. The lowest BCUT2D eigenvalue weighted by atomic mass is 9.98. The van der Waals surface area contributed by atoms with Crippen LogP contribution < -0.4 is 9.47 Å². The fraction of sp³-hybridized carbons (Fsp3) is 0.333. The van der Waals surface area contributed by atoms with Crippen molar-refractivity contribution in [3.05, 3.63) is 71.8 Å². The highest BCUT2D eigenvalue weighted by atomic mass is 16.6. The summed E-state index contributed by atoms with van der Waals surface area (Å²) in [6, 6.07) is 21.2. The molecule has 4 heteroatoms. The first-order chi connectivity index (χ1) is 13.8. The van der Waals surface area contributed by atoms with Crippen LogP contribution >= 0.6 is 0 Å². The third kappa shape index (κ3) is 4.29. The Kier molecular flexibility index (Phi) is 4.90. The summed E-state index contributed by atoms with van der Waals surface area (Å²) in [6.07, 6.45) is 2.54. The van der Waals surface area contributed by atoms with Crippen LogP contribution in [-0.2, 0) is 22.3 Å². The second kappa shape index (κ2) is 7.82. The zero-order valence-electron chi connectivity index (χ0n) is 15.8. The molecular weight excluding hydrogens is 352 g/mol. The summed E-state index contributed by atoms with van der Waals surface area (Å²) in [7, 11) is 0. The Morgan fingerprint density at radius 3 is 2.14 bits per heavy atom. The molecule has 144 valence electrons. The van der Waals surface area contributed by atoms with Crippen molar-refractivity contribution >= 4 is 10.8 Å². The van der Waals surface area contributed by atoms with Gasteiger partial charge in [-0.05, 0) is 47.6 Å². The highest BCUT2D eigenvalue weighted by Gasteiger charge is 2.23. The van der Waals surface area contributed by atoms with E-state index in [2.05, 4.69) is 42.5 Å². The topological polar surface area (TPSA) is 43.5 Å². The average Bonchev–Trinajstić information content (AvgIpc) is 3.64. The van der Waals surface area contributed by atoms with Crippen molar-refractivity contribution in [3.63, 3.8) is 0 Å². The molecule has 3 aromatic rings. The minimum Gasteiger partial charge on any atom is -0.491 e. The molecule has 2 atom stereocenters. The third-order valence-electron chi connectivity index (χ3n) is 5.24. The van der Waals surface area contributed by atoms with Gasteiger partial charge in [0.15, 0.2) is 0 Å². The van der Waals surface area contributed by atoms with E-state index in [1.807, 2.05) is 18.2 Å². The Morgan fingerprint density at radius 2 is 1.39 bits per heavy atom. The maximum absolute atomic E-state index is 5.97. The fourth-order valence-corrected chi connectivity index (χ4v) is 3.42. The Bertz CT molecular complexity index is 942. The van der Waals surface area contributed by atoms with Gasteiger partial charge in [-0.2, -0.15) is 0 Å². The van der Waals surface area contributed by atoms with Crippen molar-refractivity contribution in [2.45, 2.75) is 25.0 Å². The minimum atomic E-state index is 0.266. The molecular formula is C24H24O4. The second-order valence-corrected chi connectivity index (χ2v) is 7.45. The van der Waals surface area contributed by atoms with Crippen molar-refractivity contribution in [1.82, 2.24) is 0 Å². The van der Waals surface area contributed by atoms with Crippen molar-refractivity contribution in [2.24, 2.45) is 0 Å². The molecule has 2 aliphatic heterocycles. The summed E-state index contributed by atoms with van der Waals surface area (Å²) in [6.45, 7) is 2.91. The molecule has 2 heterocycles. The molecule has 3 aromatic carbocycles.